The number of benzene rings is 1. The zero-order valence-corrected chi connectivity index (χ0v) is 10.1. The van der Waals surface area contributed by atoms with Crippen LogP contribution in [-0.4, -0.2) is 23.0 Å². The molecule has 0 unspecified atom stereocenters. The second kappa shape index (κ2) is 5.30. The molecule has 0 aliphatic rings. The maximum atomic E-state index is 13.0. The van der Waals surface area contributed by atoms with Gasteiger partial charge in [-0.25, -0.2) is 9.37 Å². The first-order valence-electron chi connectivity index (χ1n) is 5.32. The molecule has 6 nitrogen and oxygen atoms in total. The van der Waals surface area contributed by atoms with Gasteiger partial charge in [-0.2, -0.15) is 0 Å². The Kier molecular flexibility index (Phi) is 3.56. The van der Waals surface area contributed by atoms with Crippen LogP contribution in [0.5, 0.6) is 5.75 Å². The predicted octanol–water partition coefficient (Wildman–Crippen LogP) is 1.46. The highest BCUT2D eigenvalue weighted by atomic mass is 19.1. The summed E-state index contributed by atoms with van der Waals surface area (Å²) in [5.41, 5.74) is 5.83. The third kappa shape index (κ3) is 2.95. The Morgan fingerprint density at radius 3 is 2.89 bits per heavy atom. The first-order chi connectivity index (χ1) is 9.10. The molecule has 19 heavy (non-hydrogen) atoms. The molecule has 1 aromatic carbocycles. The number of hydrogen-bond acceptors (Lipinski definition) is 5. The number of aromatic nitrogens is 2. The van der Waals surface area contributed by atoms with Gasteiger partial charge in [0.25, 0.3) is 5.91 Å². The van der Waals surface area contributed by atoms with Crippen molar-refractivity contribution in [1.29, 1.82) is 0 Å². The molecule has 0 aliphatic heterocycles. The summed E-state index contributed by atoms with van der Waals surface area (Å²) >= 11 is 0. The standard InChI is InChI=1S/C12H11FN4O2/c1-19-10-4-7(13)2-3-8(10)17-12(18)9-5-15-6-11(14)16-9/h2-6H,1H3,(H2,14,16)(H,17,18). The van der Waals surface area contributed by atoms with Crippen molar-refractivity contribution in [1.82, 2.24) is 9.97 Å². The number of hydrogen-bond donors (Lipinski definition) is 2. The second-order valence-electron chi connectivity index (χ2n) is 3.63. The van der Waals surface area contributed by atoms with Gasteiger partial charge in [-0.1, -0.05) is 0 Å². The van der Waals surface area contributed by atoms with Gasteiger partial charge < -0.3 is 15.8 Å². The quantitative estimate of drug-likeness (QED) is 0.873. The Balaban J connectivity index is 2.24. The Labute approximate surface area is 108 Å². The van der Waals surface area contributed by atoms with Crippen molar-refractivity contribution in [3.05, 3.63) is 42.1 Å². The summed E-state index contributed by atoms with van der Waals surface area (Å²) in [5.74, 6) is -0.618. The minimum atomic E-state index is -0.510. The molecule has 1 amide bonds. The van der Waals surface area contributed by atoms with E-state index in [9.17, 15) is 9.18 Å². The van der Waals surface area contributed by atoms with Crippen molar-refractivity contribution in [2.45, 2.75) is 0 Å². The highest BCUT2D eigenvalue weighted by Crippen LogP contribution is 2.25. The van der Waals surface area contributed by atoms with E-state index in [4.69, 9.17) is 10.5 Å². The largest absolute Gasteiger partial charge is 0.494 e. The van der Waals surface area contributed by atoms with Crippen LogP contribution >= 0.6 is 0 Å². The Morgan fingerprint density at radius 1 is 1.42 bits per heavy atom. The van der Waals surface area contributed by atoms with E-state index in [1.165, 1.54) is 37.7 Å². The smallest absolute Gasteiger partial charge is 0.276 e. The van der Waals surface area contributed by atoms with E-state index < -0.39 is 11.7 Å². The minimum Gasteiger partial charge on any atom is -0.494 e. The number of amides is 1. The summed E-state index contributed by atoms with van der Waals surface area (Å²) in [6.07, 6.45) is 2.61. The van der Waals surface area contributed by atoms with Crippen molar-refractivity contribution >= 4 is 17.4 Å². The molecule has 2 aromatic rings. The lowest BCUT2D eigenvalue weighted by atomic mass is 10.2. The summed E-state index contributed by atoms with van der Waals surface area (Å²) in [6.45, 7) is 0. The lowest BCUT2D eigenvalue weighted by molar-refractivity contribution is 0.102. The normalized spacial score (nSPS) is 10.0. The summed E-state index contributed by atoms with van der Waals surface area (Å²) < 4.78 is 18.0. The maximum absolute atomic E-state index is 13.0. The fourth-order valence-corrected chi connectivity index (χ4v) is 1.45. The fourth-order valence-electron chi connectivity index (χ4n) is 1.45. The minimum absolute atomic E-state index is 0.0615. The number of carbonyl (C=O) groups is 1. The SMILES string of the molecule is COc1cc(F)ccc1NC(=O)c1cncc(N)n1. The number of anilines is 2. The number of halogens is 1. The summed E-state index contributed by atoms with van der Waals surface area (Å²) in [7, 11) is 1.38. The molecule has 2 rings (SSSR count). The van der Waals surface area contributed by atoms with Crippen molar-refractivity contribution < 1.29 is 13.9 Å². The lowest BCUT2D eigenvalue weighted by Gasteiger charge is -2.09. The van der Waals surface area contributed by atoms with Crippen molar-refractivity contribution in [2.24, 2.45) is 0 Å². The molecule has 1 heterocycles. The van der Waals surface area contributed by atoms with E-state index in [1.807, 2.05) is 0 Å². The lowest BCUT2D eigenvalue weighted by Crippen LogP contribution is -2.15. The van der Waals surface area contributed by atoms with Gasteiger partial charge in [0.05, 0.1) is 25.2 Å². The van der Waals surface area contributed by atoms with Crippen LogP contribution in [0.2, 0.25) is 0 Å². The van der Waals surface area contributed by atoms with Crippen LogP contribution in [0.1, 0.15) is 10.5 Å². The monoisotopic (exact) mass is 262 g/mol. The van der Waals surface area contributed by atoms with Crippen molar-refractivity contribution in [2.75, 3.05) is 18.2 Å². The number of methoxy groups -OCH3 is 1. The maximum Gasteiger partial charge on any atom is 0.276 e. The number of nitrogens with two attached hydrogens (primary N) is 1. The molecular formula is C12H11FN4O2. The number of nitrogens with one attached hydrogen (secondary N) is 1. The second-order valence-corrected chi connectivity index (χ2v) is 3.63. The van der Waals surface area contributed by atoms with Gasteiger partial charge in [-0.15, -0.1) is 0 Å². The van der Waals surface area contributed by atoms with E-state index in [-0.39, 0.29) is 17.3 Å². The molecule has 0 saturated heterocycles. The summed E-state index contributed by atoms with van der Waals surface area (Å²) in [4.78, 5) is 19.5. The van der Waals surface area contributed by atoms with E-state index in [0.29, 0.717) is 5.69 Å². The predicted molar refractivity (Wildman–Crippen MR) is 67.3 cm³/mol. The molecule has 3 N–H and O–H groups in total. The Bertz CT molecular complexity index is 618. The van der Waals surface area contributed by atoms with Gasteiger partial charge >= 0.3 is 0 Å². The van der Waals surface area contributed by atoms with Crippen LogP contribution in [0.3, 0.4) is 0 Å². The molecule has 1 aromatic heterocycles. The molecule has 0 aliphatic carbocycles. The van der Waals surface area contributed by atoms with Gasteiger partial charge in [0.1, 0.15) is 23.1 Å². The Hall–Kier alpha value is -2.70. The molecule has 0 radical (unpaired) electrons. The molecule has 0 bridgehead atoms. The third-order valence-corrected chi connectivity index (χ3v) is 2.30. The van der Waals surface area contributed by atoms with Crippen molar-refractivity contribution in [3.8, 4) is 5.75 Å². The molecule has 7 heteroatoms. The fraction of sp³-hybridized carbons (Fsp3) is 0.0833. The van der Waals surface area contributed by atoms with Crippen LogP contribution in [0, 0.1) is 5.82 Å². The van der Waals surface area contributed by atoms with Crippen LogP contribution in [0.25, 0.3) is 0 Å². The van der Waals surface area contributed by atoms with E-state index >= 15 is 0 Å². The molecule has 0 fully saturated rings. The summed E-state index contributed by atoms with van der Waals surface area (Å²) in [5, 5.41) is 2.54. The van der Waals surface area contributed by atoms with Crippen LogP contribution < -0.4 is 15.8 Å². The highest BCUT2D eigenvalue weighted by molar-refractivity contribution is 6.03. The van der Waals surface area contributed by atoms with Gasteiger partial charge in [0, 0.05) is 6.07 Å². The molecule has 98 valence electrons. The van der Waals surface area contributed by atoms with Crippen LogP contribution in [-0.2, 0) is 0 Å². The third-order valence-electron chi connectivity index (χ3n) is 2.30. The average Bonchev–Trinajstić information content (AvgIpc) is 2.40. The van der Waals surface area contributed by atoms with Crippen LogP contribution in [0.4, 0.5) is 15.9 Å². The summed E-state index contributed by atoms with van der Waals surface area (Å²) in [6, 6.07) is 3.77. The average molecular weight is 262 g/mol. The number of rotatable bonds is 3. The zero-order valence-electron chi connectivity index (χ0n) is 10.1. The van der Waals surface area contributed by atoms with E-state index in [0.717, 1.165) is 0 Å². The van der Waals surface area contributed by atoms with Gasteiger partial charge in [0.2, 0.25) is 0 Å². The van der Waals surface area contributed by atoms with E-state index in [1.54, 1.807) is 0 Å². The molecular weight excluding hydrogens is 251 g/mol. The van der Waals surface area contributed by atoms with E-state index in [2.05, 4.69) is 15.3 Å². The van der Waals surface area contributed by atoms with Gasteiger partial charge in [-0.05, 0) is 12.1 Å². The first-order valence-corrected chi connectivity index (χ1v) is 5.32. The Morgan fingerprint density at radius 2 is 2.21 bits per heavy atom. The number of carbonyl (C=O) groups excluding carboxylic acids is 1. The number of nitrogens with zero attached hydrogens (tertiary/aromatic N) is 2. The van der Waals surface area contributed by atoms with Gasteiger partial charge in [-0.3, -0.25) is 9.78 Å². The number of nitrogen functional groups attached to an aromatic ring is 1. The zero-order chi connectivity index (χ0) is 13.8. The molecule has 0 spiro atoms. The molecule has 0 atom stereocenters. The van der Waals surface area contributed by atoms with Crippen LogP contribution in [0.15, 0.2) is 30.6 Å². The topological polar surface area (TPSA) is 90.1 Å². The highest BCUT2D eigenvalue weighted by Gasteiger charge is 2.12. The first kappa shape index (κ1) is 12.7. The van der Waals surface area contributed by atoms with Gasteiger partial charge in [0.15, 0.2) is 0 Å². The number of ether oxygens (including phenoxy) is 1. The van der Waals surface area contributed by atoms with Crippen molar-refractivity contribution in [3.63, 3.8) is 0 Å². The molecule has 0 saturated carbocycles.